The van der Waals surface area contributed by atoms with Crippen LogP contribution in [-0.2, 0) is 6.42 Å². The maximum Gasteiger partial charge on any atom is 0.324 e. The van der Waals surface area contributed by atoms with Crippen LogP contribution >= 0.6 is 0 Å². The highest BCUT2D eigenvalue weighted by Gasteiger charge is 2.54. The first kappa shape index (κ1) is 18.8. The monoisotopic (exact) mass is 437 g/mol. The van der Waals surface area contributed by atoms with Gasteiger partial charge < -0.3 is 20.7 Å². The molecule has 2 aliphatic carbocycles. The van der Waals surface area contributed by atoms with E-state index in [1.807, 2.05) is 25.2 Å². The van der Waals surface area contributed by atoms with Crippen LogP contribution < -0.4 is 20.7 Å². The molecule has 1 aromatic carbocycles. The molecule has 0 bridgehead atoms. The van der Waals surface area contributed by atoms with E-state index in [0.29, 0.717) is 29.6 Å². The van der Waals surface area contributed by atoms with Gasteiger partial charge >= 0.3 is 6.01 Å². The van der Waals surface area contributed by atoms with E-state index in [1.165, 1.54) is 11.1 Å². The van der Waals surface area contributed by atoms with Gasteiger partial charge in [-0.05, 0) is 41.2 Å². The Morgan fingerprint density at radius 3 is 2.79 bits per heavy atom. The number of rotatable bonds is 4. The third-order valence-corrected chi connectivity index (χ3v) is 7.20. The minimum Gasteiger partial charge on any atom is -0.423 e. The van der Waals surface area contributed by atoms with Crippen molar-refractivity contribution < 1.29 is 4.74 Å². The number of nitrogens with one attached hydrogen (secondary N) is 1. The van der Waals surface area contributed by atoms with E-state index in [-0.39, 0.29) is 0 Å². The number of benzene rings is 1. The molecule has 0 spiro atoms. The van der Waals surface area contributed by atoms with Gasteiger partial charge in [-0.25, -0.2) is 0 Å². The lowest BCUT2D eigenvalue weighted by molar-refractivity contribution is 0.439. The molecule has 1 saturated heterocycles. The van der Waals surface area contributed by atoms with E-state index in [9.17, 15) is 0 Å². The van der Waals surface area contributed by atoms with Gasteiger partial charge in [-0.3, -0.25) is 9.97 Å². The smallest absolute Gasteiger partial charge is 0.324 e. The van der Waals surface area contributed by atoms with Crippen molar-refractivity contribution in [2.75, 3.05) is 30.4 Å². The molecule has 2 fully saturated rings. The second kappa shape index (κ2) is 6.86. The van der Waals surface area contributed by atoms with Gasteiger partial charge in [-0.2, -0.15) is 9.97 Å². The predicted molar refractivity (Wildman–Crippen MR) is 127 cm³/mol. The molecule has 0 radical (unpaired) electrons. The van der Waals surface area contributed by atoms with Crippen molar-refractivity contribution in [3.8, 4) is 22.9 Å². The Kier molecular flexibility index (Phi) is 3.90. The first-order valence-electron chi connectivity index (χ1n) is 11.3. The molecule has 164 valence electrons. The van der Waals surface area contributed by atoms with E-state index < -0.39 is 0 Å². The van der Waals surface area contributed by atoms with Crippen LogP contribution in [0.25, 0.3) is 22.2 Å². The lowest BCUT2D eigenvalue weighted by Gasteiger charge is -2.23. The summed E-state index contributed by atoms with van der Waals surface area (Å²) < 4.78 is 6.13. The fourth-order valence-corrected chi connectivity index (χ4v) is 5.40. The predicted octanol–water partition coefficient (Wildman–Crippen LogP) is 3.22. The SMILES string of the molecule is CNc1cccc2c1Cc1nc(Oc3cnc4cccnc4c3)nc(N3CC4C(N)C4C3)c1-2. The number of fused-ring (bicyclic) bond motifs is 5. The lowest BCUT2D eigenvalue weighted by atomic mass is 10.1. The summed E-state index contributed by atoms with van der Waals surface area (Å²) in [7, 11) is 1.95. The quantitative estimate of drug-likeness (QED) is 0.442. The van der Waals surface area contributed by atoms with Gasteiger partial charge in [-0.15, -0.1) is 0 Å². The van der Waals surface area contributed by atoms with E-state index in [4.69, 9.17) is 20.4 Å². The Morgan fingerprint density at radius 1 is 1.06 bits per heavy atom. The van der Waals surface area contributed by atoms with E-state index in [2.05, 4.69) is 38.4 Å². The number of nitrogens with two attached hydrogens (primary N) is 1. The number of hydrogen-bond donors (Lipinski definition) is 2. The molecular weight excluding hydrogens is 414 g/mol. The summed E-state index contributed by atoms with van der Waals surface area (Å²) in [5.41, 5.74) is 13.5. The molecule has 3 aliphatic rings. The Bertz CT molecular complexity index is 1410. The summed E-state index contributed by atoms with van der Waals surface area (Å²) in [6, 6.07) is 12.7. The number of anilines is 2. The molecule has 2 atom stereocenters. The third-order valence-electron chi connectivity index (χ3n) is 7.20. The van der Waals surface area contributed by atoms with Crippen LogP contribution in [0.1, 0.15) is 11.3 Å². The summed E-state index contributed by atoms with van der Waals surface area (Å²) in [6.07, 6.45) is 4.18. The van der Waals surface area contributed by atoms with Crippen molar-refractivity contribution in [1.29, 1.82) is 0 Å². The largest absolute Gasteiger partial charge is 0.423 e. The Hall–Kier alpha value is -3.78. The second-order valence-electron chi connectivity index (χ2n) is 9.03. The maximum absolute atomic E-state index is 6.21. The first-order valence-corrected chi connectivity index (χ1v) is 11.3. The Morgan fingerprint density at radius 2 is 1.94 bits per heavy atom. The van der Waals surface area contributed by atoms with Crippen LogP contribution in [0.4, 0.5) is 11.5 Å². The molecule has 0 amide bonds. The van der Waals surface area contributed by atoms with Crippen LogP contribution in [0, 0.1) is 11.8 Å². The molecular formula is C25H23N7O. The van der Waals surface area contributed by atoms with Gasteiger partial charge in [0.1, 0.15) is 5.82 Å². The van der Waals surface area contributed by atoms with Crippen LogP contribution in [0.5, 0.6) is 11.8 Å². The van der Waals surface area contributed by atoms with Crippen LogP contribution in [0.3, 0.4) is 0 Å². The molecule has 8 nitrogen and oxygen atoms in total. The minimum atomic E-state index is 0.325. The van der Waals surface area contributed by atoms with Crippen LogP contribution in [0.2, 0.25) is 0 Å². The number of pyridine rings is 2. The second-order valence-corrected chi connectivity index (χ2v) is 9.03. The van der Waals surface area contributed by atoms with Crippen molar-refractivity contribution >= 4 is 22.5 Å². The Balaban J connectivity index is 1.32. The Labute approximate surface area is 190 Å². The summed E-state index contributed by atoms with van der Waals surface area (Å²) in [4.78, 5) is 20.9. The van der Waals surface area contributed by atoms with Crippen LogP contribution in [-0.4, -0.2) is 46.1 Å². The summed E-state index contributed by atoms with van der Waals surface area (Å²) in [5.74, 6) is 2.62. The van der Waals surface area contributed by atoms with Crippen LogP contribution in [0.15, 0.2) is 48.8 Å². The summed E-state index contributed by atoms with van der Waals surface area (Å²) in [5, 5.41) is 3.32. The van der Waals surface area contributed by atoms with E-state index >= 15 is 0 Å². The standard InChI is InChI=1S/C25H23N7O/c1-27-18-5-2-4-14-15(18)9-21-22(14)24(32-11-16-17(12-32)23(16)26)31-25(30-21)33-13-8-20-19(29-10-13)6-3-7-28-20/h2-8,10,16-17,23,27H,9,11-12,26H2,1H3. The molecule has 3 N–H and O–H groups in total. The van der Waals surface area contributed by atoms with Gasteiger partial charge in [0.15, 0.2) is 5.75 Å². The molecule has 3 aromatic heterocycles. The number of hydrogen-bond acceptors (Lipinski definition) is 8. The van der Waals surface area contributed by atoms with Gasteiger partial charge in [-0.1, -0.05) is 12.1 Å². The number of nitrogens with zero attached hydrogens (tertiary/aromatic N) is 5. The van der Waals surface area contributed by atoms with Gasteiger partial charge in [0.25, 0.3) is 0 Å². The normalized spacial score (nSPS) is 22.1. The average Bonchev–Trinajstić information content (AvgIpc) is 3.20. The minimum absolute atomic E-state index is 0.325. The number of aromatic nitrogens is 4. The fraction of sp³-hybridized carbons (Fsp3) is 0.280. The highest BCUT2D eigenvalue weighted by Crippen LogP contribution is 2.50. The molecule has 4 heterocycles. The number of piperidine rings is 1. The van der Waals surface area contributed by atoms with E-state index in [1.54, 1.807) is 12.4 Å². The van der Waals surface area contributed by atoms with Crippen molar-refractivity contribution in [3.63, 3.8) is 0 Å². The molecule has 2 unspecified atom stereocenters. The topological polar surface area (TPSA) is 102 Å². The summed E-state index contributed by atoms with van der Waals surface area (Å²) in [6.45, 7) is 1.86. The zero-order valence-corrected chi connectivity index (χ0v) is 18.2. The lowest BCUT2D eigenvalue weighted by Crippen LogP contribution is -2.29. The van der Waals surface area contributed by atoms with Gasteiger partial charge in [0, 0.05) is 56.1 Å². The third kappa shape index (κ3) is 2.87. The van der Waals surface area contributed by atoms with Gasteiger partial charge in [0.05, 0.1) is 22.9 Å². The van der Waals surface area contributed by atoms with Crippen molar-refractivity contribution in [1.82, 2.24) is 19.9 Å². The van der Waals surface area contributed by atoms with Crippen molar-refractivity contribution in [2.24, 2.45) is 17.6 Å². The average molecular weight is 438 g/mol. The first-order chi connectivity index (χ1) is 16.2. The van der Waals surface area contributed by atoms with Crippen molar-refractivity contribution in [2.45, 2.75) is 12.5 Å². The zero-order chi connectivity index (χ0) is 22.1. The molecule has 1 saturated carbocycles. The zero-order valence-electron chi connectivity index (χ0n) is 18.2. The molecule has 7 rings (SSSR count). The van der Waals surface area contributed by atoms with Gasteiger partial charge in [0.2, 0.25) is 0 Å². The molecule has 1 aliphatic heterocycles. The highest BCUT2D eigenvalue weighted by molar-refractivity contribution is 5.88. The maximum atomic E-state index is 6.21. The molecule has 8 heteroatoms. The number of ether oxygens (including phenoxy) is 1. The molecule has 4 aromatic rings. The fourth-order valence-electron chi connectivity index (χ4n) is 5.40. The van der Waals surface area contributed by atoms with E-state index in [0.717, 1.165) is 53.3 Å². The molecule has 33 heavy (non-hydrogen) atoms. The highest BCUT2D eigenvalue weighted by atomic mass is 16.5. The van der Waals surface area contributed by atoms with Crippen molar-refractivity contribution in [3.05, 3.63) is 60.0 Å². The summed E-state index contributed by atoms with van der Waals surface area (Å²) >= 11 is 0.